The van der Waals surface area contributed by atoms with E-state index in [9.17, 15) is 9.59 Å². The predicted octanol–water partition coefficient (Wildman–Crippen LogP) is 7.03. The fraction of sp³-hybridized carbons (Fsp3) is 0.533. The molecule has 2 aromatic carbocycles. The lowest BCUT2D eigenvalue weighted by molar-refractivity contribution is -0.161. The molecule has 1 saturated carbocycles. The van der Waals surface area contributed by atoms with Crippen LogP contribution in [-0.4, -0.2) is 43.6 Å². The van der Waals surface area contributed by atoms with Gasteiger partial charge in [-0.25, -0.2) is 0 Å². The molecule has 3 atom stereocenters. The van der Waals surface area contributed by atoms with Crippen molar-refractivity contribution < 1.29 is 19.1 Å². The number of rotatable bonds is 7. The summed E-state index contributed by atoms with van der Waals surface area (Å²) in [5, 5.41) is 0.987. The Labute approximate surface area is 230 Å². The van der Waals surface area contributed by atoms with Crippen molar-refractivity contribution in [2.45, 2.75) is 64.9 Å². The highest BCUT2D eigenvalue weighted by Gasteiger charge is 2.57. The lowest BCUT2D eigenvalue weighted by Crippen LogP contribution is -2.54. The Bertz CT molecular complexity index is 1170. The van der Waals surface area contributed by atoms with E-state index in [-0.39, 0.29) is 23.7 Å². The highest BCUT2D eigenvalue weighted by molar-refractivity contribution is 6.38. The molecular weight excluding hydrogens is 509 g/mol. The minimum Gasteiger partial charge on any atom is -0.469 e. The van der Waals surface area contributed by atoms with Crippen LogP contribution in [0.4, 0.5) is 0 Å². The van der Waals surface area contributed by atoms with E-state index in [1.807, 2.05) is 62.1 Å². The van der Waals surface area contributed by atoms with Gasteiger partial charge in [-0.2, -0.15) is 0 Å². The summed E-state index contributed by atoms with van der Waals surface area (Å²) in [4.78, 5) is 29.2. The van der Waals surface area contributed by atoms with Crippen molar-refractivity contribution in [3.05, 3.63) is 68.7 Å². The molecule has 7 heteroatoms. The number of methoxy groups -OCH3 is 1. The number of ether oxygens (including phenoxy) is 2. The van der Waals surface area contributed by atoms with Crippen molar-refractivity contribution in [2.24, 2.45) is 11.3 Å². The lowest BCUT2D eigenvalue weighted by atomic mass is 9.53. The zero-order chi connectivity index (χ0) is 27.0. The molecule has 4 rings (SSSR count). The van der Waals surface area contributed by atoms with Crippen LogP contribution < -0.4 is 0 Å². The molecule has 200 valence electrons. The fourth-order valence-corrected chi connectivity index (χ4v) is 7.47. The van der Waals surface area contributed by atoms with Crippen LogP contribution in [0.15, 0.2) is 36.4 Å². The van der Waals surface area contributed by atoms with E-state index in [1.54, 1.807) is 0 Å². The Balaban J connectivity index is 1.76. The second kappa shape index (κ2) is 11.0. The average Bonchev–Trinajstić information content (AvgIpc) is 2.95. The van der Waals surface area contributed by atoms with Crippen molar-refractivity contribution in [2.75, 3.05) is 26.8 Å². The van der Waals surface area contributed by atoms with Gasteiger partial charge in [0.05, 0.1) is 36.3 Å². The minimum absolute atomic E-state index is 0.0549. The summed E-state index contributed by atoms with van der Waals surface area (Å²) in [6.07, 6.45) is 2.37. The molecule has 1 heterocycles. The van der Waals surface area contributed by atoms with Crippen LogP contribution in [0.25, 0.3) is 0 Å². The lowest BCUT2D eigenvalue weighted by Gasteiger charge is -2.51. The van der Waals surface area contributed by atoms with E-state index in [0.717, 1.165) is 29.5 Å². The number of carbonyl (C=O) groups excluding carboxylic acids is 2. The van der Waals surface area contributed by atoms with E-state index < -0.39 is 10.8 Å². The molecule has 0 bridgehead atoms. The van der Waals surface area contributed by atoms with Gasteiger partial charge < -0.3 is 14.4 Å². The Morgan fingerprint density at radius 1 is 1.16 bits per heavy atom. The number of carbonyl (C=O) groups is 2. The summed E-state index contributed by atoms with van der Waals surface area (Å²) < 4.78 is 11.3. The number of esters is 1. The molecule has 1 aliphatic carbocycles. The molecule has 5 nitrogen and oxygen atoms in total. The molecule has 1 unspecified atom stereocenters. The number of benzene rings is 2. The van der Waals surface area contributed by atoms with Crippen LogP contribution in [-0.2, 0) is 26.3 Å². The minimum atomic E-state index is -0.748. The molecule has 0 N–H and O–H groups in total. The number of nitrogens with zero attached hydrogens (tertiary/aromatic N) is 1. The number of fused-ring (bicyclic) bond motifs is 3. The zero-order valence-electron chi connectivity index (χ0n) is 22.4. The third-order valence-electron chi connectivity index (χ3n) is 8.55. The van der Waals surface area contributed by atoms with E-state index in [1.165, 1.54) is 7.11 Å². The second-order valence-corrected chi connectivity index (χ2v) is 12.0. The smallest absolute Gasteiger partial charge is 0.311 e. The van der Waals surface area contributed by atoms with E-state index in [0.29, 0.717) is 48.3 Å². The molecule has 0 radical (unpaired) electrons. The molecule has 1 fully saturated rings. The van der Waals surface area contributed by atoms with Gasteiger partial charge in [0.2, 0.25) is 0 Å². The second-order valence-electron chi connectivity index (χ2n) is 11.2. The standard InChI is InChI=1S/C30H37Cl2NO4/c1-19(2)24-22(31)16-21-25(26(24)32)27(34)33(14-15-37-18-20-10-7-6-8-11-20)17-23-29(21,3)12-9-13-30(23,4)28(35)36-5/h6-8,10-11,16,19,23H,9,12-15,17-18H2,1-5H3/t23?,29-,30-/m1/s1. The largest absolute Gasteiger partial charge is 0.469 e. The maximum atomic E-state index is 14.2. The number of halogens is 2. The summed E-state index contributed by atoms with van der Waals surface area (Å²) >= 11 is 13.8. The van der Waals surface area contributed by atoms with Crippen molar-refractivity contribution in [1.82, 2.24) is 4.90 Å². The highest BCUT2D eigenvalue weighted by atomic mass is 35.5. The van der Waals surface area contributed by atoms with Crippen molar-refractivity contribution in [1.29, 1.82) is 0 Å². The quantitative estimate of drug-likeness (QED) is 0.277. The Morgan fingerprint density at radius 3 is 2.51 bits per heavy atom. The molecule has 0 aromatic heterocycles. The van der Waals surface area contributed by atoms with Crippen molar-refractivity contribution >= 4 is 35.1 Å². The first-order chi connectivity index (χ1) is 17.5. The average molecular weight is 547 g/mol. The SMILES string of the molecule is COC(=O)[C@]1(C)CCC[C@]2(C)c3cc(Cl)c(C(C)C)c(Cl)c3C(=O)N(CCOCc3ccccc3)CC12. The van der Waals surface area contributed by atoms with Crippen LogP contribution in [0.2, 0.25) is 10.0 Å². The maximum Gasteiger partial charge on any atom is 0.311 e. The summed E-state index contributed by atoms with van der Waals surface area (Å²) in [7, 11) is 1.44. The summed E-state index contributed by atoms with van der Waals surface area (Å²) in [6.45, 7) is 9.82. The fourth-order valence-electron chi connectivity index (χ4n) is 6.49. The number of amides is 1. The van der Waals surface area contributed by atoms with Crippen LogP contribution in [0, 0.1) is 11.3 Å². The Morgan fingerprint density at radius 2 is 1.86 bits per heavy atom. The Hall–Kier alpha value is -2.08. The van der Waals surface area contributed by atoms with Crippen LogP contribution in [0.5, 0.6) is 0 Å². The van der Waals surface area contributed by atoms with E-state index >= 15 is 0 Å². The van der Waals surface area contributed by atoms with Crippen molar-refractivity contribution in [3.63, 3.8) is 0 Å². The molecular formula is C30H37Cl2NO4. The Kier molecular flexibility index (Phi) is 8.27. The van der Waals surface area contributed by atoms with Gasteiger partial charge in [0.15, 0.2) is 0 Å². The van der Waals surface area contributed by atoms with Crippen molar-refractivity contribution in [3.8, 4) is 0 Å². The summed E-state index contributed by atoms with van der Waals surface area (Å²) in [5.41, 5.74) is 1.98. The van der Waals surface area contributed by atoms with Gasteiger partial charge in [-0.05, 0) is 53.9 Å². The van der Waals surface area contributed by atoms with Gasteiger partial charge in [-0.3, -0.25) is 9.59 Å². The van der Waals surface area contributed by atoms with Crippen LogP contribution in [0.3, 0.4) is 0 Å². The van der Waals surface area contributed by atoms with Crippen LogP contribution in [0.1, 0.15) is 79.9 Å². The number of hydrogen-bond acceptors (Lipinski definition) is 4. The molecule has 2 aromatic rings. The maximum absolute atomic E-state index is 14.2. The summed E-state index contributed by atoms with van der Waals surface area (Å²) in [5.74, 6) is -0.489. The molecule has 0 saturated heterocycles. The first kappa shape index (κ1) is 27.9. The zero-order valence-corrected chi connectivity index (χ0v) is 23.9. The normalized spacial score (nSPS) is 25.5. The third-order valence-corrected chi connectivity index (χ3v) is 9.25. The number of hydrogen-bond donors (Lipinski definition) is 0. The molecule has 1 amide bonds. The molecule has 37 heavy (non-hydrogen) atoms. The van der Waals surface area contributed by atoms with Gasteiger partial charge in [0.25, 0.3) is 5.91 Å². The molecule has 2 aliphatic rings. The topological polar surface area (TPSA) is 55.8 Å². The van der Waals surface area contributed by atoms with Gasteiger partial charge in [-0.1, -0.05) is 80.7 Å². The molecule has 1 aliphatic heterocycles. The monoisotopic (exact) mass is 545 g/mol. The first-order valence-corrected chi connectivity index (χ1v) is 13.8. The van der Waals surface area contributed by atoms with E-state index in [2.05, 4.69) is 6.92 Å². The summed E-state index contributed by atoms with van der Waals surface area (Å²) in [6, 6.07) is 11.9. The highest BCUT2D eigenvalue weighted by Crippen LogP contribution is 2.57. The molecule has 0 spiro atoms. The van der Waals surface area contributed by atoms with Gasteiger partial charge >= 0.3 is 5.97 Å². The third kappa shape index (κ3) is 5.03. The predicted molar refractivity (Wildman–Crippen MR) is 147 cm³/mol. The van der Waals surface area contributed by atoms with Crippen LogP contribution >= 0.6 is 23.2 Å². The van der Waals surface area contributed by atoms with E-state index in [4.69, 9.17) is 32.7 Å². The van der Waals surface area contributed by atoms with Gasteiger partial charge in [0, 0.05) is 24.0 Å². The first-order valence-electron chi connectivity index (χ1n) is 13.1. The van der Waals surface area contributed by atoms with Gasteiger partial charge in [-0.15, -0.1) is 0 Å². The van der Waals surface area contributed by atoms with Gasteiger partial charge in [0.1, 0.15) is 0 Å².